The second-order valence-electron chi connectivity index (χ2n) is 10.5. The summed E-state index contributed by atoms with van der Waals surface area (Å²) in [5, 5.41) is 6.28. The van der Waals surface area contributed by atoms with Crippen molar-refractivity contribution in [2.75, 3.05) is 55.4 Å². The molecular weight excluding hydrogens is 528 g/mol. The molecule has 9 nitrogen and oxygen atoms in total. The Labute approximate surface area is 247 Å². The fourth-order valence-corrected chi connectivity index (χ4v) is 4.77. The maximum absolute atomic E-state index is 13.5. The number of nitrogens with zero attached hydrogens (tertiary/aromatic N) is 4. The zero-order chi connectivity index (χ0) is 29.5. The van der Waals surface area contributed by atoms with E-state index < -0.39 is 0 Å². The lowest BCUT2D eigenvalue weighted by atomic mass is 10.1. The van der Waals surface area contributed by atoms with Crippen molar-refractivity contribution in [2.45, 2.75) is 27.2 Å². The number of aryl methyl sites for hydroxylation is 2. The molecule has 0 atom stereocenters. The first-order chi connectivity index (χ1) is 20.4. The Bertz CT molecular complexity index is 1500. The van der Waals surface area contributed by atoms with Gasteiger partial charge in [-0.1, -0.05) is 37.3 Å². The summed E-state index contributed by atoms with van der Waals surface area (Å²) in [5.74, 6) is 1.12. The van der Waals surface area contributed by atoms with Crippen molar-refractivity contribution < 1.29 is 14.3 Å². The molecule has 1 aromatic heterocycles. The zero-order valence-electron chi connectivity index (χ0n) is 24.7. The molecule has 3 aromatic carbocycles. The number of ether oxygens (including phenoxy) is 2. The van der Waals surface area contributed by atoms with Gasteiger partial charge >= 0.3 is 0 Å². The number of nitrogens with one attached hydrogen (secondary N) is 2. The first-order valence-corrected chi connectivity index (χ1v) is 14.4. The monoisotopic (exact) mass is 566 g/mol. The van der Waals surface area contributed by atoms with E-state index in [1.54, 1.807) is 6.07 Å². The molecule has 1 amide bonds. The van der Waals surface area contributed by atoms with Gasteiger partial charge in [0.05, 0.1) is 6.61 Å². The van der Waals surface area contributed by atoms with Crippen LogP contribution in [0.2, 0.25) is 0 Å². The highest BCUT2D eigenvalue weighted by Gasteiger charge is 2.20. The highest BCUT2D eigenvalue weighted by Crippen LogP contribution is 2.33. The molecule has 218 valence electrons. The van der Waals surface area contributed by atoms with E-state index in [-0.39, 0.29) is 17.4 Å². The van der Waals surface area contributed by atoms with Gasteiger partial charge in [-0.25, -0.2) is 4.98 Å². The van der Waals surface area contributed by atoms with Crippen molar-refractivity contribution >= 4 is 28.9 Å². The van der Waals surface area contributed by atoms with Gasteiger partial charge in [-0.05, 0) is 74.8 Å². The van der Waals surface area contributed by atoms with E-state index >= 15 is 0 Å². The second kappa shape index (κ2) is 13.4. The van der Waals surface area contributed by atoms with Gasteiger partial charge < -0.3 is 29.9 Å². The Kier molecular flexibility index (Phi) is 9.18. The third-order valence-corrected chi connectivity index (χ3v) is 7.23. The molecular formula is C33H38N6O3. The maximum Gasteiger partial charge on any atom is 0.262 e. The Balaban J connectivity index is 1.41. The van der Waals surface area contributed by atoms with Crippen LogP contribution in [0.5, 0.6) is 17.4 Å². The van der Waals surface area contributed by atoms with Crippen molar-refractivity contribution in [3.8, 4) is 17.4 Å². The highest BCUT2D eigenvalue weighted by molar-refractivity contribution is 6.06. The zero-order valence-corrected chi connectivity index (χ0v) is 24.7. The smallest absolute Gasteiger partial charge is 0.262 e. The number of hydrogen-bond acceptors (Lipinski definition) is 8. The Morgan fingerprint density at radius 3 is 2.29 bits per heavy atom. The standard InChI is InChI=1S/C33H38N6O3/c1-5-21-41-28-11-6-7-12-29(28)42-32-27(31(40)36-30-23(2)9-8-10-24(30)3)22-34-33(37-32)35-25-13-15-26(16-14-25)39-19-17-38(4)18-20-39/h6-16,22H,5,17-21H2,1-4H3,(H,36,40)(H,34,35,37). The molecule has 0 aliphatic carbocycles. The normalized spacial score (nSPS) is 13.5. The summed E-state index contributed by atoms with van der Waals surface area (Å²) in [4.78, 5) is 27.4. The molecule has 1 aliphatic rings. The Morgan fingerprint density at radius 2 is 1.60 bits per heavy atom. The van der Waals surface area contributed by atoms with Crippen LogP contribution < -0.4 is 25.0 Å². The molecule has 5 rings (SSSR count). The molecule has 2 N–H and O–H groups in total. The summed E-state index contributed by atoms with van der Waals surface area (Å²) in [7, 11) is 2.15. The number of rotatable bonds is 10. The maximum atomic E-state index is 13.5. The number of hydrogen-bond donors (Lipinski definition) is 2. The minimum atomic E-state index is -0.363. The molecule has 1 saturated heterocycles. The number of piperazine rings is 1. The van der Waals surface area contributed by atoms with Crippen LogP contribution in [0.15, 0.2) is 72.9 Å². The molecule has 0 radical (unpaired) electrons. The van der Waals surface area contributed by atoms with Crippen LogP contribution in [0.1, 0.15) is 34.8 Å². The number of likely N-dealkylation sites (N-methyl/N-ethyl adjacent to an activating group) is 1. The Morgan fingerprint density at radius 1 is 0.905 bits per heavy atom. The van der Waals surface area contributed by atoms with Gasteiger partial charge in [-0.2, -0.15) is 4.98 Å². The van der Waals surface area contributed by atoms with Crippen molar-refractivity contribution in [3.63, 3.8) is 0 Å². The minimum absolute atomic E-state index is 0.123. The van der Waals surface area contributed by atoms with Gasteiger partial charge in [-0.15, -0.1) is 0 Å². The number of anilines is 4. The van der Waals surface area contributed by atoms with Crippen LogP contribution in [0, 0.1) is 13.8 Å². The molecule has 2 heterocycles. The summed E-state index contributed by atoms with van der Waals surface area (Å²) in [6, 6.07) is 21.5. The Hall–Kier alpha value is -4.63. The first-order valence-electron chi connectivity index (χ1n) is 14.4. The molecule has 4 aromatic rings. The SMILES string of the molecule is CCCOc1ccccc1Oc1nc(Nc2ccc(N3CCN(C)CC3)cc2)ncc1C(=O)Nc1c(C)cccc1C. The quantitative estimate of drug-likeness (QED) is 0.227. The fourth-order valence-electron chi connectivity index (χ4n) is 4.77. The van der Waals surface area contributed by atoms with Crippen LogP contribution >= 0.6 is 0 Å². The topological polar surface area (TPSA) is 91.9 Å². The predicted octanol–water partition coefficient (Wildman–Crippen LogP) is 6.42. The number of aromatic nitrogens is 2. The van der Waals surface area contributed by atoms with E-state index in [2.05, 4.69) is 49.6 Å². The number of para-hydroxylation sites is 3. The van der Waals surface area contributed by atoms with Crippen LogP contribution in [0.3, 0.4) is 0 Å². The predicted molar refractivity (Wildman–Crippen MR) is 168 cm³/mol. The van der Waals surface area contributed by atoms with E-state index in [9.17, 15) is 4.79 Å². The largest absolute Gasteiger partial charge is 0.490 e. The molecule has 1 aliphatic heterocycles. The molecule has 0 unspecified atom stereocenters. The summed E-state index contributed by atoms with van der Waals surface area (Å²) < 4.78 is 12.1. The van der Waals surface area contributed by atoms with E-state index in [1.165, 1.54) is 11.9 Å². The van der Waals surface area contributed by atoms with Crippen molar-refractivity contribution in [3.05, 3.63) is 89.6 Å². The highest BCUT2D eigenvalue weighted by atomic mass is 16.5. The fraction of sp³-hybridized carbons (Fsp3) is 0.303. The molecule has 0 bridgehead atoms. The lowest BCUT2D eigenvalue weighted by Gasteiger charge is -2.34. The summed E-state index contributed by atoms with van der Waals surface area (Å²) >= 11 is 0. The number of amides is 1. The molecule has 0 saturated carbocycles. The van der Waals surface area contributed by atoms with Gasteiger partial charge in [0, 0.05) is 49.4 Å². The van der Waals surface area contributed by atoms with Crippen molar-refractivity contribution in [2.24, 2.45) is 0 Å². The number of carbonyl (C=O) groups excluding carboxylic acids is 1. The summed E-state index contributed by atoms with van der Waals surface area (Å²) in [6.07, 6.45) is 2.34. The summed E-state index contributed by atoms with van der Waals surface area (Å²) in [5.41, 5.74) is 4.90. The molecule has 0 spiro atoms. The number of benzene rings is 3. The van der Waals surface area contributed by atoms with E-state index in [4.69, 9.17) is 9.47 Å². The van der Waals surface area contributed by atoms with Crippen LogP contribution in [-0.4, -0.2) is 60.6 Å². The van der Waals surface area contributed by atoms with Gasteiger partial charge in [0.25, 0.3) is 5.91 Å². The third kappa shape index (κ3) is 6.98. The molecule has 1 fully saturated rings. The van der Waals surface area contributed by atoms with E-state index in [0.29, 0.717) is 24.1 Å². The minimum Gasteiger partial charge on any atom is -0.490 e. The lowest BCUT2D eigenvalue weighted by molar-refractivity contribution is 0.102. The average Bonchev–Trinajstić information content (AvgIpc) is 2.99. The van der Waals surface area contributed by atoms with Gasteiger partial charge in [0.2, 0.25) is 11.8 Å². The summed E-state index contributed by atoms with van der Waals surface area (Å²) in [6.45, 7) is 10.6. The van der Waals surface area contributed by atoms with E-state index in [1.807, 2.05) is 69.3 Å². The second-order valence-corrected chi connectivity index (χ2v) is 10.5. The van der Waals surface area contributed by atoms with E-state index in [0.717, 1.165) is 55.1 Å². The van der Waals surface area contributed by atoms with Crippen LogP contribution in [0.4, 0.5) is 23.0 Å². The number of carbonyl (C=O) groups is 1. The third-order valence-electron chi connectivity index (χ3n) is 7.23. The van der Waals surface area contributed by atoms with Gasteiger partial charge in [-0.3, -0.25) is 4.79 Å². The van der Waals surface area contributed by atoms with Crippen molar-refractivity contribution in [1.82, 2.24) is 14.9 Å². The van der Waals surface area contributed by atoms with Gasteiger partial charge in [0.15, 0.2) is 11.5 Å². The molecule has 42 heavy (non-hydrogen) atoms. The molecule has 9 heteroatoms. The first kappa shape index (κ1) is 28.9. The average molecular weight is 567 g/mol. The van der Waals surface area contributed by atoms with Crippen LogP contribution in [0.25, 0.3) is 0 Å². The van der Waals surface area contributed by atoms with Crippen LogP contribution in [-0.2, 0) is 0 Å². The lowest BCUT2D eigenvalue weighted by Crippen LogP contribution is -2.44. The van der Waals surface area contributed by atoms with Crippen molar-refractivity contribution in [1.29, 1.82) is 0 Å². The van der Waals surface area contributed by atoms with Gasteiger partial charge in [0.1, 0.15) is 5.56 Å².